The van der Waals surface area contributed by atoms with Gasteiger partial charge in [0.05, 0.1) is 30.6 Å². The molecule has 15 heteroatoms. The van der Waals surface area contributed by atoms with Gasteiger partial charge in [0, 0.05) is 0 Å². The van der Waals surface area contributed by atoms with Gasteiger partial charge in [-0.15, -0.1) is 0 Å². The highest BCUT2D eigenvalue weighted by Crippen LogP contribution is 2.54. The minimum atomic E-state index is -6.63. The van der Waals surface area contributed by atoms with Gasteiger partial charge in [-0.1, -0.05) is 0 Å². The summed E-state index contributed by atoms with van der Waals surface area (Å²) in [6.07, 6.45) is -38.4. The van der Waals surface area contributed by atoms with Crippen LogP contribution in [0.25, 0.3) is 0 Å². The average molecular weight is 412 g/mol. The van der Waals surface area contributed by atoms with Crippen LogP contribution < -0.4 is 0 Å². The Bertz CT molecular complexity index is 382. The molecule has 0 aromatic carbocycles. The fourth-order valence-corrected chi connectivity index (χ4v) is 2.13. The van der Waals surface area contributed by atoms with E-state index in [1.807, 2.05) is 0 Å². The summed E-state index contributed by atoms with van der Waals surface area (Å²) in [7, 11) is 0. The first-order valence-electron chi connectivity index (χ1n) is 5.89. The van der Waals surface area contributed by atoms with E-state index in [1.165, 1.54) is 0 Å². The molecule has 0 aliphatic carbocycles. The number of halogens is 15. The Morgan fingerprint density at radius 3 is 0.760 bits per heavy atom. The summed E-state index contributed by atoms with van der Waals surface area (Å²) in [5.41, 5.74) is 0. The lowest BCUT2D eigenvalue weighted by atomic mass is 9.76. The van der Waals surface area contributed by atoms with E-state index in [9.17, 15) is 65.9 Å². The van der Waals surface area contributed by atoms with Crippen molar-refractivity contribution < 1.29 is 65.9 Å². The topological polar surface area (TPSA) is 0 Å². The Kier molecular flexibility index (Phi) is 6.64. The summed E-state index contributed by atoms with van der Waals surface area (Å²) in [5, 5.41) is 0. The molecule has 0 aromatic rings. The molecule has 0 radical (unpaired) electrons. The molecular formula is C10H7F15. The van der Waals surface area contributed by atoms with Crippen LogP contribution in [0.5, 0.6) is 0 Å². The second-order valence-electron chi connectivity index (χ2n) is 5.00. The van der Waals surface area contributed by atoms with Crippen LogP contribution in [0, 0.1) is 17.8 Å². The predicted molar refractivity (Wildman–Crippen MR) is 50.0 cm³/mol. The third-order valence-electron chi connectivity index (χ3n) is 2.99. The molecule has 0 saturated carbocycles. The quantitative estimate of drug-likeness (QED) is 0.467. The van der Waals surface area contributed by atoms with Gasteiger partial charge in [-0.05, 0) is 0 Å². The molecular weight excluding hydrogens is 405 g/mol. The maximum Gasteiger partial charge on any atom is 0.393 e. The van der Waals surface area contributed by atoms with Crippen molar-refractivity contribution in [2.45, 2.75) is 43.7 Å². The van der Waals surface area contributed by atoms with Crippen LogP contribution >= 0.6 is 0 Å². The minimum Gasteiger partial charge on any atom is -0.171 e. The lowest BCUT2D eigenvalue weighted by Gasteiger charge is -2.37. The summed E-state index contributed by atoms with van der Waals surface area (Å²) < 4.78 is 186. The first-order valence-corrected chi connectivity index (χ1v) is 5.89. The van der Waals surface area contributed by atoms with Crippen LogP contribution in [0.4, 0.5) is 65.9 Å². The fraction of sp³-hybridized carbons (Fsp3) is 1.00. The Labute approximate surface area is 129 Å². The maximum atomic E-state index is 12.7. The van der Waals surface area contributed by atoms with Crippen molar-refractivity contribution >= 4 is 0 Å². The van der Waals surface area contributed by atoms with E-state index in [0.717, 1.165) is 0 Å². The normalized spacial score (nSPS) is 18.8. The molecule has 0 aromatic heterocycles. The highest BCUT2D eigenvalue weighted by molar-refractivity contribution is 4.91. The van der Waals surface area contributed by atoms with Gasteiger partial charge in [-0.2, -0.15) is 65.9 Å². The Hall–Kier alpha value is -1.05. The van der Waals surface area contributed by atoms with E-state index < -0.39 is 61.5 Å². The smallest absolute Gasteiger partial charge is 0.171 e. The van der Waals surface area contributed by atoms with Crippen molar-refractivity contribution in [1.82, 2.24) is 0 Å². The second kappa shape index (κ2) is 6.93. The summed E-state index contributed by atoms with van der Waals surface area (Å²) in [6, 6.07) is 0. The van der Waals surface area contributed by atoms with Crippen LogP contribution in [-0.4, -0.2) is 30.9 Å². The molecule has 0 aliphatic rings. The molecule has 0 rings (SSSR count). The van der Waals surface area contributed by atoms with Gasteiger partial charge in [0.25, 0.3) is 0 Å². The van der Waals surface area contributed by atoms with Gasteiger partial charge in [0.2, 0.25) is 0 Å². The predicted octanol–water partition coefficient (Wildman–Crippen LogP) is 6.43. The second-order valence-corrected chi connectivity index (χ2v) is 5.00. The Morgan fingerprint density at radius 2 is 0.640 bits per heavy atom. The molecule has 0 aliphatic heterocycles. The highest BCUT2D eigenvalue weighted by atomic mass is 19.4. The first kappa shape index (κ1) is 23.9. The van der Waals surface area contributed by atoms with E-state index in [1.54, 1.807) is 0 Å². The van der Waals surface area contributed by atoms with Crippen molar-refractivity contribution in [2.75, 3.05) is 0 Å². The van der Waals surface area contributed by atoms with E-state index in [4.69, 9.17) is 0 Å². The molecule has 2 unspecified atom stereocenters. The molecule has 152 valence electrons. The molecule has 0 spiro atoms. The molecule has 0 amide bonds. The van der Waals surface area contributed by atoms with Crippen molar-refractivity contribution in [3.63, 3.8) is 0 Å². The zero-order chi connectivity index (χ0) is 20.6. The monoisotopic (exact) mass is 412 g/mol. The first-order chi connectivity index (χ1) is 10.6. The molecule has 0 N–H and O–H groups in total. The number of alkyl halides is 15. The Morgan fingerprint density at radius 1 is 0.400 bits per heavy atom. The lowest BCUT2D eigenvalue weighted by molar-refractivity contribution is -0.324. The standard InChI is InChI=1S/C10H7F15/c11-6(12,13)1-3(8(17,18)19)5(10(23,24)25)4(9(20,21)22)2-7(14,15)16/h3-5H,1-2H2. The minimum absolute atomic E-state index is 3.41. The summed E-state index contributed by atoms with van der Waals surface area (Å²) in [5.74, 6) is -14.5. The van der Waals surface area contributed by atoms with Gasteiger partial charge in [-0.25, -0.2) is 0 Å². The summed E-state index contributed by atoms with van der Waals surface area (Å²) >= 11 is 0. The number of hydrogen-bond donors (Lipinski definition) is 0. The van der Waals surface area contributed by atoms with E-state index >= 15 is 0 Å². The molecule has 2 atom stereocenters. The van der Waals surface area contributed by atoms with Crippen molar-refractivity contribution in [3.05, 3.63) is 0 Å². The molecule has 0 heterocycles. The number of hydrogen-bond acceptors (Lipinski definition) is 0. The van der Waals surface area contributed by atoms with Crippen molar-refractivity contribution in [2.24, 2.45) is 17.8 Å². The highest BCUT2D eigenvalue weighted by Gasteiger charge is 2.66. The van der Waals surface area contributed by atoms with Gasteiger partial charge < -0.3 is 0 Å². The summed E-state index contributed by atoms with van der Waals surface area (Å²) in [4.78, 5) is 0. The molecule has 0 saturated heterocycles. The zero-order valence-corrected chi connectivity index (χ0v) is 11.3. The lowest BCUT2D eigenvalue weighted by Crippen LogP contribution is -2.50. The van der Waals surface area contributed by atoms with Crippen molar-refractivity contribution in [1.29, 1.82) is 0 Å². The molecule has 25 heavy (non-hydrogen) atoms. The maximum absolute atomic E-state index is 12.7. The molecule has 0 fully saturated rings. The number of rotatable bonds is 4. The third kappa shape index (κ3) is 8.25. The zero-order valence-electron chi connectivity index (χ0n) is 11.3. The largest absolute Gasteiger partial charge is 0.393 e. The third-order valence-corrected chi connectivity index (χ3v) is 2.99. The molecule has 0 bridgehead atoms. The average Bonchev–Trinajstić information content (AvgIpc) is 2.18. The van der Waals surface area contributed by atoms with Gasteiger partial charge in [0.1, 0.15) is 0 Å². The van der Waals surface area contributed by atoms with E-state index in [0.29, 0.717) is 0 Å². The Balaban J connectivity index is 6.32. The van der Waals surface area contributed by atoms with Gasteiger partial charge in [0.15, 0.2) is 0 Å². The molecule has 0 nitrogen and oxygen atoms in total. The van der Waals surface area contributed by atoms with Crippen LogP contribution in [0.1, 0.15) is 12.8 Å². The SMILES string of the molecule is FC(F)(F)CC(C(C(CC(F)(F)F)C(F)(F)F)C(F)(F)F)C(F)(F)F. The van der Waals surface area contributed by atoms with Crippen LogP contribution in [0.2, 0.25) is 0 Å². The van der Waals surface area contributed by atoms with Crippen LogP contribution in [-0.2, 0) is 0 Å². The van der Waals surface area contributed by atoms with E-state index in [-0.39, 0.29) is 0 Å². The van der Waals surface area contributed by atoms with E-state index in [2.05, 4.69) is 0 Å². The van der Waals surface area contributed by atoms with Crippen molar-refractivity contribution in [3.8, 4) is 0 Å². The van der Waals surface area contributed by atoms with Crippen LogP contribution in [0.3, 0.4) is 0 Å². The van der Waals surface area contributed by atoms with Gasteiger partial charge in [-0.3, -0.25) is 0 Å². The summed E-state index contributed by atoms with van der Waals surface area (Å²) in [6.45, 7) is 0. The fourth-order valence-electron chi connectivity index (χ4n) is 2.13. The van der Waals surface area contributed by atoms with Crippen LogP contribution in [0.15, 0.2) is 0 Å². The van der Waals surface area contributed by atoms with Gasteiger partial charge >= 0.3 is 30.9 Å².